The van der Waals surface area contributed by atoms with Crippen molar-refractivity contribution in [1.82, 2.24) is 10.2 Å². The van der Waals surface area contributed by atoms with E-state index in [1.165, 1.54) is 36.9 Å². The Kier molecular flexibility index (Phi) is 2.70. The second-order valence-corrected chi connectivity index (χ2v) is 5.00. The van der Waals surface area contributed by atoms with Crippen molar-refractivity contribution in [3.8, 4) is 0 Å². The predicted octanol–water partition coefficient (Wildman–Crippen LogP) is 2.32. The second kappa shape index (κ2) is 4.19. The minimum atomic E-state index is 0.533. The molecule has 0 amide bonds. The molecule has 0 radical (unpaired) electrons. The molecule has 2 aliphatic rings. The molecule has 2 heteroatoms. The van der Waals surface area contributed by atoms with E-state index in [0.29, 0.717) is 12.1 Å². The molecule has 0 saturated carbocycles. The van der Waals surface area contributed by atoms with Crippen LogP contribution in [0.2, 0.25) is 0 Å². The average molecular weight is 216 g/mol. The van der Waals surface area contributed by atoms with Gasteiger partial charge in [0.05, 0.1) is 0 Å². The lowest BCUT2D eigenvalue weighted by molar-refractivity contribution is 0.0945. The van der Waals surface area contributed by atoms with Gasteiger partial charge in [-0.1, -0.05) is 30.7 Å². The van der Waals surface area contributed by atoms with E-state index in [1.54, 1.807) is 0 Å². The van der Waals surface area contributed by atoms with Crippen molar-refractivity contribution in [2.75, 3.05) is 13.6 Å². The molecule has 1 aromatic rings. The molecule has 2 aliphatic heterocycles. The standard InChI is InChI=1S/C14H20N2/c1-15-14-12-7-3-2-6-11(12)10-16-9-5-4-8-13(14)16/h2-3,6-7,13-15H,4-5,8-10H2,1H3/t13-,14+/m1/s1. The molecule has 86 valence electrons. The minimum absolute atomic E-state index is 0.533. The number of nitrogens with zero attached hydrogens (tertiary/aromatic N) is 1. The number of piperidine rings is 1. The van der Waals surface area contributed by atoms with E-state index in [1.807, 2.05) is 0 Å². The van der Waals surface area contributed by atoms with Crippen LogP contribution in [-0.2, 0) is 6.54 Å². The van der Waals surface area contributed by atoms with Gasteiger partial charge in [0.15, 0.2) is 0 Å². The maximum Gasteiger partial charge on any atom is 0.0479 e. The number of fused-ring (bicyclic) bond motifs is 2. The van der Waals surface area contributed by atoms with Crippen LogP contribution in [0.4, 0.5) is 0 Å². The number of benzene rings is 1. The Hall–Kier alpha value is -0.860. The van der Waals surface area contributed by atoms with Crippen molar-refractivity contribution < 1.29 is 0 Å². The van der Waals surface area contributed by atoms with Crippen molar-refractivity contribution in [3.63, 3.8) is 0 Å². The Morgan fingerprint density at radius 2 is 2.12 bits per heavy atom. The van der Waals surface area contributed by atoms with Crippen LogP contribution in [0.5, 0.6) is 0 Å². The third-order valence-electron chi connectivity index (χ3n) is 4.12. The molecule has 1 N–H and O–H groups in total. The van der Waals surface area contributed by atoms with Gasteiger partial charge in [0.2, 0.25) is 0 Å². The van der Waals surface area contributed by atoms with Crippen molar-refractivity contribution in [3.05, 3.63) is 35.4 Å². The molecule has 0 bridgehead atoms. The molecule has 16 heavy (non-hydrogen) atoms. The average Bonchev–Trinajstić information content (AvgIpc) is 2.36. The van der Waals surface area contributed by atoms with Crippen LogP contribution in [0, 0.1) is 0 Å². The van der Waals surface area contributed by atoms with E-state index in [-0.39, 0.29) is 0 Å². The summed E-state index contributed by atoms with van der Waals surface area (Å²) in [5, 5.41) is 3.52. The zero-order chi connectivity index (χ0) is 11.0. The smallest absolute Gasteiger partial charge is 0.0479 e. The summed E-state index contributed by atoms with van der Waals surface area (Å²) in [7, 11) is 2.10. The second-order valence-electron chi connectivity index (χ2n) is 5.00. The third-order valence-corrected chi connectivity index (χ3v) is 4.12. The first-order valence-corrected chi connectivity index (χ1v) is 6.39. The van der Waals surface area contributed by atoms with Gasteiger partial charge >= 0.3 is 0 Å². The van der Waals surface area contributed by atoms with Gasteiger partial charge in [-0.05, 0) is 37.6 Å². The maximum atomic E-state index is 3.52. The zero-order valence-electron chi connectivity index (χ0n) is 9.95. The highest BCUT2D eigenvalue weighted by Crippen LogP contribution is 2.35. The SMILES string of the molecule is CN[C@H]1c2ccccc2CN2CCCC[C@H]12. The minimum Gasteiger partial charge on any atom is -0.312 e. The molecule has 1 saturated heterocycles. The van der Waals surface area contributed by atoms with Crippen LogP contribution in [0.1, 0.15) is 36.4 Å². The molecule has 2 nitrogen and oxygen atoms in total. The van der Waals surface area contributed by atoms with Crippen LogP contribution in [0.25, 0.3) is 0 Å². The lowest BCUT2D eigenvalue weighted by Crippen LogP contribution is -2.49. The van der Waals surface area contributed by atoms with Gasteiger partial charge in [-0.15, -0.1) is 0 Å². The lowest BCUT2D eigenvalue weighted by atomic mass is 9.84. The number of hydrogen-bond acceptors (Lipinski definition) is 2. The number of rotatable bonds is 1. The summed E-state index contributed by atoms with van der Waals surface area (Å²) in [6.07, 6.45) is 4.11. The van der Waals surface area contributed by atoms with Gasteiger partial charge in [0.25, 0.3) is 0 Å². The van der Waals surface area contributed by atoms with Crippen molar-refractivity contribution in [2.45, 2.75) is 37.9 Å². The fourth-order valence-corrected chi connectivity index (χ4v) is 3.35. The summed E-state index contributed by atoms with van der Waals surface area (Å²) in [6.45, 7) is 2.43. The first-order chi connectivity index (χ1) is 7.90. The highest BCUT2D eigenvalue weighted by molar-refractivity contribution is 5.33. The summed E-state index contributed by atoms with van der Waals surface area (Å²) in [5.41, 5.74) is 3.04. The molecule has 0 spiro atoms. The highest BCUT2D eigenvalue weighted by Gasteiger charge is 2.34. The summed E-state index contributed by atoms with van der Waals surface area (Å²) in [6, 6.07) is 10.2. The molecular formula is C14H20N2. The van der Waals surface area contributed by atoms with Gasteiger partial charge in [0, 0.05) is 18.6 Å². The molecule has 1 aromatic carbocycles. The fourth-order valence-electron chi connectivity index (χ4n) is 3.35. The van der Waals surface area contributed by atoms with Crippen molar-refractivity contribution in [2.24, 2.45) is 0 Å². The van der Waals surface area contributed by atoms with Gasteiger partial charge < -0.3 is 5.32 Å². The molecular weight excluding hydrogens is 196 g/mol. The molecule has 2 heterocycles. The van der Waals surface area contributed by atoms with Crippen LogP contribution in [0.15, 0.2) is 24.3 Å². The van der Waals surface area contributed by atoms with Gasteiger partial charge in [-0.2, -0.15) is 0 Å². The van der Waals surface area contributed by atoms with Gasteiger partial charge in [-0.3, -0.25) is 4.90 Å². The van der Waals surface area contributed by atoms with Gasteiger partial charge in [0.1, 0.15) is 0 Å². The monoisotopic (exact) mass is 216 g/mol. The van der Waals surface area contributed by atoms with Crippen LogP contribution in [-0.4, -0.2) is 24.5 Å². The molecule has 0 aliphatic carbocycles. The molecule has 2 atom stereocenters. The number of nitrogens with one attached hydrogen (secondary N) is 1. The van der Waals surface area contributed by atoms with E-state index in [2.05, 4.69) is 41.5 Å². The molecule has 0 unspecified atom stereocenters. The van der Waals surface area contributed by atoms with Crippen LogP contribution in [0.3, 0.4) is 0 Å². The first-order valence-electron chi connectivity index (χ1n) is 6.39. The molecule has 1 fully saturated rings. The largest absolute Gasteiger partial charge is 0.312 e. The number of hydrogen-bond donors (Lipinski definition) is 1. The van der Waals surface area contributed by atoms with Crippen LogP contribution < -0.4 is 5.32 Å². The summed E-state index contributed by atoms with van der Waals surface area (Å²) in [4.78, 5) is 2.66. The zero-order valence-corrected chi connectivity index (χ0v) is 9.95. The van der Waals surface area contributed by atoms with E-state index in [0.717, 1.165) is 6.54 Å². The summed E-state index contributed by atoms with van der Waals surface area (Å²) < 4.78 is 0. The Morgan fingerprint density at radius 1 is 1.25 bits per heavy atom. The first kappa shape index (κ1) is 10.3. The highest BCUT2D eigenvalue weighted by atomic mass is 15.2. The molecule has 0 aromatic heterocycles. The third kappa shape index (κ3) is 1.57. The normalized spacial score (nSPS) is 29.6. The Morgan fingerprint density at radius 3 is 3.00 bits per heavy atom. The predicted molar refractivity (Wildman–Crippen MR) is 66.3 cm³/mol. The van der Waals surface area contributed by atoms with E-state index in [4.69, 9.17) is 0 Å². The van der Waals surface area contributed by atoms with E-state index in [9.17, 15) is 0 Å². The fraction of sp³-hybridized carbons (Fsp3) is 0.571. The maximum absolute atomic E-state index is 3.52. The summed E-state index contributed by atoms with van der Waals surface area (Å²) >= 11 is 0. The van der Waals surface area contributed by atoms with Crippen molar-refractivity contribution >= 4 is 0 Å². The topological polar surface area (TPSA) is 15.3 Å². The number of likely N-dealkylation sites (N-methyl/N-ethyl adjacent to an activating group) is 1. The van der Waals surface area contributed by atoms with Gasteiger partial charge in [-0.25, -0.2) is 0 Å². The van der Waals surface area contributed by atoms with E-state index < -0.39 is 0 Å². The Balaban J connectivity index is 1.99. The lowest BCUT2D eigenvalue weighted by Gasteiger charge is -2.45. The van der Waals surface area contributed by atoms with Crippen molar-refractivity contribution in [1.29, 1.82) is 0 Å². The summed E-state index contributed by atoms with van der Waals surface area (Å²) in [5.74, 6) is 0. The van der Waals surface area contributed by atoms with E-state index >= 15 is 0 Å². The van der Waals surface area contributed by atoms with Crippen LogP contribution >= 0.6 is 0 Å². The Bertz CT molecular complexity index is 375. The quantitative estimate of drug-likeness (QED) is 0.775. The Labute approximate surface area is 97.6 Å². The molecule has 3 rings (SSSR count).